The van der Waals surface area contributed by atoms with Crippen LogP contribution in [0.4, 0.5) is 0 Å². The largest absolute Gasteiger partial charge is 0.324 e. The standard InChI is InChI=1S/C5H8NO2P/c7-3-4-9-6-2-1-5(6)8/h3,9H,1-2,4H2. The van der Waals surface area contributed by atoms with Crippen LogP contribution in [-0.2, 0) is 9.59 Å². The first-order valence-corrected chi connectivity index (χ1v) is 3.97. The number of nitrogens with zero attached hydrogens (tertiary/aromatic N) is 1. The lowest BCUT2D eigenvalue weighted by molar-refractivity contribution is -0.132. The fourth-order valence-electron chi connectivity index (χ4n) is 0.630. The minimum atomic E-state index is 0.190. The molecule has 0 aromatic rings. The van der Waals surface area contributed by atoms with E-state index in [-0.39, 0.29) is 5.91 Å². The summed E-state index contributed by atoms with van der Waals surface area (Å²) in [5.41, 5.74) is 0. The van der Waals surface area contributed by atoms with Crippen LogP contribution in [0.25, 0.3) is 0 Å². The quantitative estimate of drug-likeness (QED) is 0.318. The zero-order valence-corrected chi connectivity index (χ0v) is 5.96. The molecule has 0 N–H and O–H groups in total. The lowest BCUT2D eigenvalue weighted by Crippen LogP contribution is -2.36. The van der Waals surface area contributed by atoms with Gasteiger partial charge in [0.25, 0.3) is 0 Å². The topological polar surface area (TPSA) is 37.4 Å². The molecule has 1 saturated heterocycles. The Bertz CT molecular complexity index is 137. The van der Waals surface area contributed by atoms with Crippen molar-refractivity contribution in [2.24, 2.45) is 0 Å². The molecule has 3 nitrogen and oxygen atoms in total. The van der Waals surface area contributed by atoms with Gasteiger partial charge < -0.3 is 9.46 Å². The van der Waals surface area contributed by atoms with Gasteiger partial charge in [-0.1, -0.05) is 0 Å². The van der Waals surface area contributed by atoms with Crippen LogP contribution in [0.1, 0.15) is 6.42 Å². The number of amides is 1. The molecule has 1 amide bonds. The van der Waals surface area contributed by atoms with Gasteiger partial charge in [-0.25, -0.2) is 0 Å². The van der Waals surface area contributed by atoms with Crippen molar-refractivity contribution >= 4 is 20.9 Å². The molecule has 9 heavy (non-hydrogen) atoms. The summed E-state index contributed by atoms with van der Waals surface area (Å²) >= 11 is 0. The van der Waals surface area contributed by atoms with Crippen LogP contribution in [0.5, 0.6) is 0 Å². The predicted molar refractivity (Wildman–Crippen MR) is 35.6 cm³/mol. The lowest BCUT2D eigenvalue weighted by Gasteiger charge is -2.29. The van der Waals surface area contributed by atoms with Gasteiger partial charge in [0, 0.05) is 19.1 Å². The highest BCUT2D eigenvalue weighted by atomic mass is 31.1. The highest BCUT2D eigenvalue weighted by Gasteiger charge is 2.22. The van der Waals surface area contributed by atoms with E-state index >= 15 is 0 Å². The molecule has 0 aromatic heterocycles. The third-order valence-corrected chi connectivity index (χ3v) is 2.42. The summed E-state index contributed by atoms with van der Waals surface area (Å²) in [6, 6.07) is 0. The van der Waals surface area contributed by atoms with Crippen molar-refractivity contribution in [3.63, 3.8) is 0 Å². The molecule has 1 unspecified atom stereocenters. The number of hydrogen-bond acceptors (Lipinski definition) is 2. The molecule has 0 aliphatic carbocycles. The number of carbonyl (C=O) groups excluding carboxylic acids is 2. The molecule has 1 aliphatic heterocycles. The van der Waals surface area contributed by atoms with Gasteiger partial charge in [-0.15, -0.1) is 0 Å². The summed E-state index contributed by atoms with van der Waals surface area (Å²) in [7, 11) is 0.389. The fraction of sp³-hybridized carbons (Fsp3) is 0.600. The average molecular weight is 145 g/mol. The van der Waals surface area contributed by atoms with Gasteiger partial charge in [-0.2, -0.15) is 0 Å². The Kier molecular flexibility index (Phi) is 2.17. The lowest BCUT2D eigenvalue weighted by atomic mass is 10.3. The summed E-state index contributed by atoms with van der Waals surface area (Å²) < 4.78 is 1.72. The van der Waals surface area contributed by atoms with E-state index in [1.165, 1.54) is 0 Å². The number of hydrogen-bond donors (Lipinski definition) is 0. The first kappa shape index (κ1) is 6.69. The van der Waals surface area contributed by atoms with Crippen LogP contribution in [0, 0.1) is 0 Å². The normalized spacial score (nSPS) is 18.7. The Morgan fingerprint density at radius 1 is 1.78 bits per heavy atom. The maximum Gasteiger partial charge on any atom is 0.227 e. The Labute approximate surface area is 55.2 Å². The number of carbonyl (C=O) groups is 2. The minimum absolute atomic E-state index is 0.190. The van der Waals surface area contributed by atoms with Gasteiger partial charge in [0.1, 0.15) is 6.29 Å². The first-order chi connectivity index (χ1) is 4.34. The zero-order chi connectivity index (χ0) is 6.69. The maximum atomic E-state index is 10.6. The molecular formula is C5H8NO2P. The van der Waals surface area contributed by atoms with Crippen molar-refractivity contribution < 1.29 is 9.59 Å². The van der Waals surface area contributed by atoms with Crippen molar-refractivity contribution in [2.45, 2.75) is 6.42 Å². The summed E-state index contributed by atoms with van der Waals surface area (Å²) in [5.74, 6) is 0.190. The smallest absolute Gasteiger partial charge is 0.227 e. The van der Waals surface area contributed by atoms with E-state index in [4.69, 9.17) is 0 Å². The third-order valence-electron chi connectivity index (χ3n) is 1.22. The molecular weight excluding hydrogens is 137 g/mol. The van der Waals surface area contributed by atoms with Crippen molar-refractivity contribution in [1.82, 2.24) is 4.67 Å². The molecule has 0 aromatic carbocycles. The zero-order valence-electron chi connectivity index (χ0n) is 4.96. The van der Waals surface area contributed by atoms with E-state index in [1.54, 1.807) is 4.67 Å². The molecule has 1 heterocycles. The van der Waals surface area contributed by atoms with Gasteiger partial charge in [-0.3, -0.25) is 4.79 Å². The second-order valence-electron chi connectivity index (χ2n) is 1.82. The maximum absolute atomic E-state index is 10.6. The molecule has 1 aliphatic rings. The van der Waals surface area contributed by atoms with Gasteiger partial charge in [0.15, 0.2) is 0 Å². The predicted octanol–water partition coefficient (Wildman–Crippen LogP) is 0.0111. The van der Waals surface area contributed by atoms with E-state index in [1.807, 2.05) is 0 Å². The Morgan fingerprint density at radius 2 is 2.56 bits per heavy atom. The molecule has 0 saturated carbocycles. The Morgan fingerprint density at radius 3 is 2.89 bits per heavy atom. The van der Waals surface area contributed by atoms with Crippen LogP contribution in [0.15, 0.2) is 0 Å². The van der Waals surface area contributed by atoms with Crippen molar-refractivity contribution in [3.05, 3.63) is 0 Å². The summed E-state index contributed by atoms with van der Waals surface area (Å²) in [5, 5.41) is 0. The second-order valence-corrected chi connectivity index (χ2v) is 3.09. The van der Waals surface area contributed by atoms with Crippen molar-refractivity contribution in [3.8, 4) is 0 Å². The van der Waals surface area contributed by atoms with E-state index in [0.717, 1.165) is 12.8 Å². The molecule has 1 fully saturated rings. The van der Waals surface area contributed by atoms with Crippen LogP contribution in [-0.4, -0.2) is 29.6 Å². The van der Waals surface area contributed by atoms with Gasteiger partial charge >= 0.3 is 0 Å². The third kappa shape index (κ3) is 1.49. The Hall–Kier alpha value is -0.430. The molecule has 0 bridgehead atoms. The number of rotatable bonds is 3. The van der Waals surface area contributed by atoms with Crippen molar-refractivity contribution in [2.75, 3.05) is 12.7 Å². The van der Waals surface area contributed by atoms with Crippen LogP contribution < -0.4 is 0 Å². The van der Waals surface area contributed by atoms with E-state index in [0.29, 0.717) is 21.3 Å². The van der Waals surface area contributed by atoms with E-state index in [2.05, 4.69) is 0 Å². The number of aldehydes is 1. The molecule has 50 valence electrons. The summed E-state index contributed by atoms with van der Waals surface area (Å²) in [4.78, 5) is 20.4. The van der Waals surface area contributed by atoms with Crippen molar-refractivity contribution in [1.29, 1.82) is 0 Å². The van der Waals surface area contributed by atoms with Crippen LogP contribution in [0.2, 0.25) is 0 Å². The Balaban J connectivity index is 2.13. The van der Waals surface area contributed by atoms with E-state index < -0.39 is 0 Å². The van der Waals surface area contributed by atoms with Gasteiger partial charge in [-0.05, 0) is 8.73 Å². The minimum Gasteiger partial charge on any atom is -0.324 e. The monoisotopic (exact) mass is 145 g/mol. The molecule has 0 spiro atoms. The summed E-state index contributed by atoms with van der Waals surface area (Å²) in [6.45, 7) is 0.852. The van der Waals surface area contributed by atoms with Crippen LogP contribution >= 0.6 is 8.73 Å². The number of β-lactam (4-membered cyclic amide) rings is 1. The first-order valence-electron chi connectivity index (χ1n) is 2.82. The van der Waals surface area contributed by atoms with Gasteiger partial charge in [0.05, 0.1) is 0 Å². The molecule has 1 rings (SSSR count). The van der Waals surface area contributed by atoms with Crippen LogP contribution in [0.3, 0.4) is 0 Å². The second kappa shape index (κ2) is 2.92. The summed E-state index contributed by atoms with van der Waals surface area (Å²) in [6.07, 6.45) is 2.03. The van der Waals surface area contributed by atoms with Gasteiger partial charge in [0.2, 0.25) is 5.91 Å². The average Bonchev–Trinajstić information content (AvgIpc) is 1.86. The SMILES string of the molecule is O=CCPN1CCC1=O. The fourth-order valence-corrected chi connectivity index (χ4v) is 1.48. The molecule has 1 atom stereocenters. The molecule has 0 radical (unpaired) electrons. The molecule has 4 heteroatoms. The highest BCUT2D eigenvalue weighted by molar-refractivity contribution is 7.37. The highest BCUT2D eigenvalue weighted by Crippen LogP contribution is 2.24. The van der Waals surface area contributed by atoms with E-state index in [9.17, 15) is 9.59 Å².